The molecule has 0 amide bonds. The molecule has 5 heteroatoms. The molecule has 0 atom stereocenters. The normalized spacial score (nSPS) is 10.2. The van der Waals surface area contributed by atoms with Crippen molar-refractivity contribution >= 4 is 28.9 Å². The number of carbonyl (C=O) groups is 1. The van der Waals surface area contributed by atoms with E-state index in [4.69, 9.17) is 16.3 Å². The Labute approximate surface area is 108 Å². The average Bonchev–Trinajstić information content (AvgIpc) is 2.78. The van der Waals surface area contributed by atoms with Gasteiger partial charge < -0.3 is 4.74 Å². The Morgan fingerprint density at radius 2 is 2.12 bits per heavy atom. The van der Waals surface area contributed by atoms with Gasteiger partial charge in [-0.3, -0.25) is 4.79 Å². The maximum Gasteiger partial charge on any atom is 0.312 e. The number of hydrogen-bond acceptors (Lipinski definition) is 4. The van der Waals surface area contributed by atoms with E-state index < -0.39 is 0 Å². The van der Waals surface area contributed by atoms with Gasteiger partial charge in [0.25, 0.3) is 0 Å². The van der Waals surface area contributed by atoms with Crippen LogP contribution in [0.25, 0.3) is 10.6 Å². The van der Waals surface area contributed by atoms with E-state index in [1.807, 2.05) is 12.1 Å². The largest absolute Gasteiger partial charge is 0.407 e. The van der Waals surface area contributed by atoms with Crippen molar-refractivity contribution in [3.05, 3.63) is 34.7 Å². The van der Waals surface area contributed by atoms with Crippen LogP contribution in [0.3, 0.4) is 0 Å². The van der Waals surface area contributed by atoms with Crippen LogP contribution in [-0.2, 0) is 4.79 Å². The Hall–Kier alpha value is -1.39. The molecule has 0 aliphatic carbocycles. The smallest absolute Gasteiger partial charge is 0.312 e. The summed E-state index contributed by atoms with van der Waals surface area (Å²) in [6.45, 7) is 1.74. The topological polar surface area (TPSA) is 39.2 Å². The molecule has 0 spiro atoms. The summed E-state index contributed by atoms with van der Waals surface area (Å²) in [4.78, 5) is 15.3. The van der Waals surface area contributed by atoms with E-state index in [-0.39, 0.29) is 5.97 Å². The van der Waals surface area contributed by atoms with Crippen molar-refractivity contribution in [3.63, 3.8) is 0 Å². The number of thiazole rings is 1. The summed E-state index contributed by atoms with van der Waals surface area (Å²) in [5, 5.41) is 3.21. The number of carbonyl (C=O) groups excluding carboxylic acids is 1. The van der Waals surface area contributed by atoms with Gasteiger partial charge in [0, 0.05) is 17.0 Å². The molecule has 0 fully saturated rings. The number of nitrogens with zero attached hydrogens (tertiary/aromatic N) is 1. The Morgan fingerprint density at radius 3 is 2.76 bits per heavy atom. The first-order chi connectivity index (χ1) is 8.19. The standard InChI is InChI=1S/C12H10ClNO2S/c1-2-11(15)16-10-7-17-12(14-10)8-3-5-9(13)6-4-8/h3-7H,2H2,1H3. The fourth-order valence-corrected chi connectivity index (χ4v) is 2.07. The minimum atomic E-state index is -0.280. The molecule has 0 N–H and O–H groups in total. The van der Waals surface area contributed by atoms with E-state index in [1.165, 1.54) is 11.3 Å². The summed E-state index contributed by atoms with van der Waals surface area (Å²) in [6, 6.07) is 7.37. The van der Waals surface area contributed by atoms with Crippen LogP contribution in [0, 0.1) is 0 Å². The maximum atomic E-state index is 11.1. The lowest BCUT2D eigenvalue weighted by atomic mass is 10.2. The zero-order valence-electron chi connectivity index (χ0n) is 9.14. The minimum absolute atomic E-state index is 0.280. The highest BCUT2D eigenvalue weighted by Gasteiger charge is 2.08. The number of esters is 1. The lowest BCUT2D eigenvalue weighted by Crippen LogP contribution is -2.05. The summed E-state index contributed by atoms with van der Waals surface area (Å²) in [7, 11) is 0. The highest BCUT2D eigenvalue weighted by Crippen LogP contribution is 2.27. The monoisotopic (exact) mass is 267 g/mol. The van der Waals surface area contributed by atoms with Crippen molar-refractivity contribution in [3.8, 4) is 16.5 Å². The second kappa shape index (κ2) is 5.29. The third-order valence-corrected chi connectivity index (χ3v) is 3.20. The summed E-state index contributed by atoms with van der Waals surface area (Å²) in [6.07, 6.45) is 0.341. The molecule has 3 nitrogen and oxygen atoms in total. The second-order valence-corrected chi connectivity index (χ2v) is 4.62. The van der Waals surface area contributed by atoms with E-state index in [2.05, 4.69) is 4.98 Å². The van der Waals surface area contributed by atoms with Gasteiger partial charge in [0.2, 0.25) is 5.88 Å². The molecule has 0 saturated carbocycles. The number of hydrogen-bond donors (Lipinski definition) is 0. The number of halogens is 1. The molecule has 1 aromatic heterocycles. The molecule has 0 aliphatic rings. The zero-order valence-corrected chi connectivity index (χ0v) is 10.7. The highest BCUT2D eigenvalue weighted by molar-refractivity contribution is 7.13. The van der Waals surface area contributed by atoms with Gasteiger partial charge in [-0.05, 0) is 12.1 Å². The molecular weight excluding hydrogens is 258 g/mol. The van der Waals surface area contributed by atoms with Crippen molar-refractivity contribution in [2.75, 3.05) is 0 Å². The molecule has 88 valence electrons. The highest BCUT2D eigenvalue weighted by atomic mass is 35.5. The molecule has 1 aromatic carbocycles. The van der Waals surface area contributed by atoms with Crippen molar-refractivity contribution in [1.29, 1.82) is 0 Å². The van der Waals surface area contributed by atoms with Gasteiger partial charge >= 0.3 is 5.97 Å². The van der Waals surface area contributed by atoms with Crippen LogP contribution in [0.1, 0.15) is 13.3 Å². The number of aromatic nitrogens is 1. The second-order valence-electron chi connectivity index (χ2n) is 3.33. The number of ether oxygens (including phenoxy) is 1. The predicted octanol–water partition coefficient (Wildman–Crippen LogP) is 3.78. The van der Waals surface area contributed by atoms with Gasteiger partial charge in [-0.2, -0.15) is 0 Å². The Bertz CT molecular complexity index is 522. The van der Waals surface area contributed by atoms with E-state index in [0.717, 1.165) is 10.6 Å². The molecule has 0 aliphatic heterocycles. The quantitative estimate of drug-likeness (QED) is 0.795. The van der Waals surface area contributed by atoms with Gasteiger partial charge in [0.15, 0.2) is 0 Å². The third kappa shape index (κ3) is 3.05. The average molecular weight is 268 g/mol. The molecule has 2 rings (SSSR count). The van der Waals surface area contributed by atoms with Crippen molar-refractivity contribution in [2.24, 2.45) is 0 Å². The molecule has 0 saturated heterocycles. The molecule has 2 aromatic rings. The van der Waals surface area contributed by atoms with Gasteiger partial charge in [-0.15, -0.1) is 11.3 Å². The van der Waals surface area contributed by atoms with Gasteiger partial charge in [0.05, 0.1) is 5.38 Å². The summed E-state index contributed by atoms with van der Waals surface area (Å²) < 4.78 is 5.02. The maximum absolute atomic E-state index is 11.1. The molecule has 17 heavy (non-hydrogen) atoms. The van der Waals surface area contributed by atoms with Crippen molar-refractivity contribution < 1.29 is 9.53 Å². The molecule has 0 bridgehead atoms. The van der Waals surface area contributed by atoms with E-state index in [9.17, 15) is 4.79 Å². The lowest BCUT2D eigenvalue weighted by Gasteiger charge is -1.97. The SMILES string of the molecule is CCC(=O)Oc1csc(-c2ccc(Cl)cc2)n1. The van der Waals surface area contributed by atoms with E-state index in [1.54, 1.807) is 24.4 Å². The van der Waals surface area contributed by atoms with Crippen LogP contribution in [0.5, 0.6) is 5.88 Å². The summed E-state index contributed by atoms with van der Waals surface area (Å²) in [5.74, 6) is 0.0738. The Morgan fingerprint density at radius 1 is 1.41 bits per heavy atom. The van der Waals surface area contributed by atoms with E-state index in [0.29, 0.717) is 17.3 Å². The molecule has 0 radical (unpaired) electrons. The first kappa shape index (κ1) is 12.1. The van der Waals surface area contributed by atoms with Crippen molar-refractivity contribution in [2.45, 2.75) is 13.3 Å². The lowest BCUT2D eigenvalue weighted by molar-refractivity contribution is -0.134. The van der Waals surface area contributed by atoms with Crippen LogP contribution in [-0.4, -0.2) is 11.0 Å². The first-order valence-corrected chi connectivity index (χ1v) is 6.37. The predicted molar refractivity (Wildman–Crippen MR) is 68.5 cm³/mol. The van der Waals surface area contributed by atoms with Gasteiger partial charge in [-0.25, -0.2) is 4.98 Å². The van der Waals surface area contributed by atoms with Crippen molar-refractivity contribution in [1.82, 2.24) is 4.98 Å². The van der Waals surface area contributed by atoms with Gasteiger partial charge in [0.1, 0.15) is 5.01 Å². The van der Waals surface area contributed by atoms with E-state index >= 15 is 0 Å². The van der Waals surface area contributed by atoms with Crippen LogP contribution >= 0.6 is 22.9 Å². The molecule has 0 unspecified atom stereocenters. The summed E-state index contributed by atoms with van der Waals surface area (Å²) in [5.41, 5.74) is 0.957. The van der Waals surface area contributed by atoms with Crippen LogP contribution in [0.2, 0.25) is 5.02 Å². The number of benzene rings is 1. The van der Waals surface area contributed by atoms with Crippen LogP contribution in [0.15, 0.2) is 29.6 Å². The first-order valence-electron chi connectivity index (χ1n) is 5.11. The number of rotatable bonds is 3. The fourth-order valence-electron chi connectivity index (χ4n) is 1.22. The van der Waals surface area contributed by atoms with Crippen LogP contribution < -0.4 is 4.74 Å². The Balaban J connectivity index is 2.18. The zero-order chi connectivity index (χ0) is 12.3. The minimum Gasteiger partial charge on any atom is -0.407 e. The van der Waals surface area contributed by atoms with Gasteiger partial charge in [-0.1, -0.05) is 30.7 Å². The molecule has 1 heterocycles. The Kier molecular flexibility index (Phi) is 3.76. The third-order valence-electron chi connectivity index (χ3n) is 2.08. The van der Waals surface area contributed by atoms with Crippen LogP contribution in [0.4, 0.5) is 0 Å². The summed E-state index contributed by atoms with van der Waals surface area (Å²) >= 11 is 7.24. The fraction of sp³-hybridized carbons (Fsp3) is 0.167. The molecular formula is C12H10ClNO2S.